The van der Waals surface area contributed by atoms with Gasteiger partial charge in [-0.2, -0.15) is 5.26 Å². The summed E-state index contributed by atoms with van der Waals surface area (Å²) in [7, 11) is 0. The Bertz CT molecular complexity index is 464. The molecule has 0 aromatic carbocycles. The lowest BCUT2D eigenvalue weighted by Gasteiger charge is -2.28. The van der Waals surface area contributed by atoms with E-state index in [4.69, 9.17) is 5.26 Å². The number of hydrogen-bond donors (Lipinski definition) is 0. The molecule has 0 N–H and O–H groups in total. The van der Waals surface area contributed by atoms with Gasteiger partial charge in [-0.3, -0.25) is 4.79 Å². The van der Waals surface area contributed by atoms with Crippen molar-refractivity contribution in [2.45, 2.75) is 37.5 Å². The number of rotatable bonds is 3. The van der Waals surface area contributed by atoms with Crippen LogP contribution < -0.4 is 0 Å². The lowest BCUT2D eigenvalue weighted by atomic mass is 9.80. The van der Waals surface area contributed by atoms with Crippen LogP contribution in [0, 0.1) is 17.2 Å². The van der Waals surface area contributed by atoms with Crippen LogP contribution in [0.15, 0.2) is 17.5 Å². The molecule has 0 saturated heterocycles. The highest BCUT2D eigenvalue weighted by Gasteiger charge is 2.41. The molecule has 5 heteroatoms. The zero-order valence-corrected chi connectivity index (χ0v) is 10.6. The molecule has 2 atom stereocenters. The molecule has 1 fully saturated rings. The number of Topliss-reactive ketones (excluding diaryl/α,β-unsaturated/α-hetero) is 1. The first-order valence-corrected chi connectivity index (χ1v) is 6.76. The predicted octanol–water partition coefficient (Wildman–Crippen LogP) is 3.75. The Balaban J connectivity index is 2.13. The third-order valence-corrected chi connectivity index (χ3v) is 4.22. The van der Waals surface area contributed by atoms with E-state index in [0.717, 1.165) is 0 Å². The molecule has 1 aliphatic rings. The number of nitriles is 1. The molecule has 1 aromatic rings. The first kappa shape index (κ1) is 13.2. The lowest BCUT2D eigenvalue weighted by molar-refractivity contribution is -0.130. The van der Waals surface area contributed by atoms with Crippen LogP contribution in [0.25, 0.3) is 0 Å². The zero-order valence-electron chi connectivity index (χ0n) is 9.73. The highest BCUT2D eigenvalue weighted by molar-refractivity contribution is 7.10. The fraction of sp³-hybridized carbons (Fsp3) is 0.538. The van der Waals surface area contributed by atoms with Crippen LogP contribution in [-0.4, -0.2) is 11.7 Å². The molecule has 2 nitrogen and oxygen atoms in total. The molecule has 1 heterocycles. The van der Waals surface area contributed by atoms with Crippen LogP contribution >= 0.6 is 11.3 Å². The molecule has 0 aliphatic heterocycles. The Morgan fingerprint density at radius 2 is 2.39 bits per heavy atom. The molecule has 96 valence electrons. The minimum atomic E-state index is -2.76. The summed E-state index contributed by atoms with van der Waals surface area (Å²) in [5.41, 5.74) is 0. The summed E-state index contributed by atoms with van der Waals surface area (Å²) in [5, 5.41) is 10.9. The molecule has 18 heavy (non-hydrogen) atoms. The average molecular weight is 269 g/mol. The number of carbonyl (C=O) groups excluding carboxylic acids is 1. The van der Waals surface area contributed by atoms with E-state index in [-0.39, 0.29) is 12.2 Å². The van der Waals surface area contributed by atoms with Gasteiger partial charge in [0.05, 0.1) is 6.07 Å². The molecule has 2 rings (SSSR count). The molecular formula is C13H13F2NOS. The molecule has 0 spiro atoms. The van der Waals surface area contributed by atoms with E-state index in [1.165, 1.54) is 11.3 Å². The summed E-state index contributed by atoms with van der Waals surface area (Å²) in [4.78, 5) is 12.8. The fourth-order valence-corrected chi connectivity index (χ4v) is 3.15. The fourth-order valence-electron chi connectivity index (χ4n) is 2.37. The van der Waals surface area contributed by atoms with Crippen LogP contribution in [0.4, 0.5) is 8.78 Å². The largest absolute Gasteiger partial charge is 0.297 e. The first-order valence-electron chi connectivity index (χ1n) is 5.88. The van der Waals surface area contributed by atoms with Gasteiger partial charge in [-0.15, -0.1) is 11.3 Å². The topological polar surface area (TPSA) is 40.9 Å². The van der Waals surface area contributed by atoms with Gasteiger partial charge in [0.1, 0.15) is 5.92 Å². The van der Waals surface area contributed by atoms with E-state index in [1.54, 1.807) is 17.5 Å². The van der Waals surface area contributed by atoms with Gasteiger partial charge in [0, 0.05) is 23.6 Å². The van der Waals surface area contributed by atoms with Crippen molar-refractivity contribution >= 4 is 17.1 Å². The van der Waals surface area contributed by atoms with Crippen LogP contribution in [-0.2, 0) is 4.79 Å². The van der Waals surface area contributed by atoms with Crippen molar-refractivity contribution in [2.24, 2.45) is 5.92 Å². The third-order valence-electron chi connectivity index (χ3n) is 3.28. The van der Waals surface area contributed by atoms with Crippen molar-refractivity contribution in [2.75, 3.05) is 0 Å². The summed E-state index contributed by atoms with van der Waals surface area (Å²) in [6, 6.07) is 5.41. The number of alkyl halides is 2. The molecule has 0 bridgehead atoms. The van der Waals surface area contributed by atoms with Crippen molar-refractivity contribution in [1.82, 2.24) is 0 Å². The lowest BCUT2D eigenvalue weighted by Crippen LogP contribution is -2.32. The smallest absolute Gasteiger partial charge is 0.248 e. The second-order valence-electron chi connectivity index (χ2n) is 4.63. The number of hydrogen-bond acceptors (Lipinski definition) is 3. The van der Waals surface area contributed by atoms with E-state index >= 15 is 0 Å². The number of carbonyl (C=O) groups is 1. The van der Waals surface area contributed by atoms with Gasteiger partial charge in [-0.05, 0) is 24.3 Å². The molecule has 1 saturated carbocycles. The maximum atomic E-state index is 13.3. The molecular weight excluding hydrogens is 256 g/mol. The van der Waals surface area contributed by atoms with Crippen molar-refractivity contribution < 1.29 is 13.6 Å². The van der Waals surface area contributed by atoms with E-state index in [2.05, 4.69) is 0 Å². The van der Waals surface area contributed by atoms with Gasteiger partial charge in [0.15, 0.2) is 5.78 Å². The summed E-state index contributed by atoms with van der Waals surface area (Å²) >= 11 is 1.32. The Kier molecular flexibility index (Phi) is 3.76. The molecule has 2 unspecified atom stereocenters. The first-order chi connectivity index (χ1) is 8.53. The zero-order chi connectivity index (χ0) is 13.2. The molecule has 0 amide bonds. The van der Waals surface area contributed by atoms with Gasteiger partial charge < -0.3 is 0 Å². The SMILES string of the molecule is N#CC(C(=O)C1CCCC(F)(F)C1)c1cccs1. The molecule has 1 aliphatic carbocycles. The second kappa shape index (κ2) is 5.15. The van der Waals surface area contributed by atoms with Crippen LogP contribution in [0.1, 0.15) is 36.5 Å². The van der Waals surface area contributed by atoms with E-state index in [9.17, 15) is 13.6 Å². The number of nitrogens with zero attached hydrogens (tertiary/aromatic N) is 1. The minimum absolute atomic E-state index is 0.146. The minimum Gasteiger partial charge on any atom is -0.297 e. The van der Waals surface area contributed by atoms with Crippen LogP contribution in [0.5, 0.6) is 0 Å². The van der Waals surface area contributed by atoms with Crippen LogP contribution in [0.3, 0.4) is 0 Å². The Labute approximate surface area is 108 Å². The van der Waals surface area contributed by atoms with Gasteiger partial charge >= 0.3 is 0 Å². The highest BCUT2D eigenvalue weighted by Crippen LogP contribution is 2.39. The van der Waals surface area contributed by atoms with E-state index < -0.39 is 24.2 Å². The summed E-state index contributed by atoms with van der Waals surface area (Å²) in [5.74, 6) is -4.67. The highest BCUT2D eigenvalue weighted by atomic mass is 32.1. The molecule has 0 radical (unpaired) electrons. The normalized spacial score (nSPS) is 24.2. The summed E-state index contributed by atoms with van der Waals surface area (Å²) in [6.07, 6.45) is 0.270. The van der Waals surface area contributed by atoms with Crippen molar-refractivity contribution in [1.29, 1.82) is 5.26 Å². The van der Waals surface area contributed by atoms with Gasteiger partial charge in [-0.25, -0.2) is 8.78 Å². The third kappa shape index (κ3) is 2.75. The number of thiophene rings is 1. The average Bonchev–Trinajstić information content (AvgIpc) is 2.82. The predicted molar refractivity (Wildman–Crippen MR) is 64.6 cm³/mol. The van der Waals surface area contributed by atoms with E-state index in [1.807, 2.05) is 6.07 Å². The Morgan fingerprint density at radius 1 is 1.61 bits per heavy atom. The van der Waals surface area contributed by atoms with Crippen molar-refractivity contribution in [3.8, 4) is 6.07 Å². The molecule has 1 aromatic heterocycles. The standard InChI is InChI=1S/C13H13F2NOS/c14-13(15)5-1-3-9(7-13)12(17)10(8-16)11-4-2-6-18-11/h2,4,6,9-10H,1,3,5,7H2. The van der Waals surface area contributed by atoms with Gasteiger partial charge in [-0.1, -0.05) is 6.07 Å². The maximum Gasteiger partial charge on any atom is 0.248 e. The monoisotopic (exact) mass is 269 g/mol. The summed E-state index contributed by atoms with van der Waals surface area (Å²) in [6.45, 7) is 0. The quantitative estimate of drug-likeness (QED) is 0.838. The number of ketones is 1. The van der Waals surface area contributed by atoms with Crippen molar-refractivity contribution in [3.05, 3.63) is 22.4 Å². The summed E-state index contributed by atoms with van der Waals surface area (Å²) < 4.78 is 26.6. The van der Waals surface area contributed by atoms with E-state index in [0.29, 0.717) is 17.7 Å². The van der Waals surface area contributed by atoms with Crippen LogP contribution in [0.2, 0.25) is 0 Å². The second-order valence-corrected chi connectivity index (χ2v) is 5.61. The Morgan fingerprint density at radius 3 is 2.94 bits per heavy atom. The maximum absolute atomic E-state index is 13.3. The number of halogens is 2. The van der Waals surface area contributed by atoms with Crippen molar-refractivity contribution in [3.63, 3.8) is 0 Å². The van der Waals surface area contributed by atoms with Gasteiger partial charge in [0.2, 0.25) is 5.92 Å². The Hall–Kier alpha value is -1.28. The van der Waals surface area contributed by atoms with Gasteiger partial charge in [0.25, 0.3) is 0 Å².